The third-order valence-corrected chi connectivity index (χ3v) is 3.86. The maximum absolute atomic E-state index is 9.64. The van der Waals surface area contributed by atoms with Crippen LogP contribution < -0.4 is 15.5 Å². The number of nitriles is 1. The van der Waals surface area contributed by atoms with Crippen LogP contribution in [0.4, 0.5) is 11.5 Å². The van der Waals surface area contributed by atoms with Crippen molar-refractivity contribution in [2.24, 2.45) is 0 Å². The van der Waals surface area contributed by atoms with E-state index in [4.69, 9.17) is 14.7 Å². The zero-order valence-corrected chi connectivity index (χ0v) is 12.3. The van der Waals surface area contributed by atoms with E-state index in [-0.39, 0.29) is 6.10 Å². The molecule has 114 valence electrons. The van der Waals surface area contributed by atoms with Crippen molar-refractivity contribution in [1.82, 2.24) is 4.98 Å². The Bertz CT molecular complexity index is 802. The number of benzene rings is 1. The number of fused-ring (bicyclic) bond motifs is 1. The lowest BCUT2D eigenvalue weighted by Crippen LogP contribution is -2.27. The standard InChI is InChI=1S/C16H14BN3O3/c18-8-10-1-6-15(20-16(10)23-13-3-4-13)19-12-2-5-14-11(7-12)9-22-17(14)21/h1-2,5-7,13,21H,3-4,9H2,(H,19,20). The number of hydrogen-bond donors (Lipinski definition) is 2. The number of aromatic nitrogens is 1. The van der Waals surface area contributed by atoms with E-state index in [1.54, 1.807) is 12.1 Å². The van der Waals surface area contributed by atoms with Crippen LogP contribution in [0.1, 0.15) is 24.0 Å². The fraction of sp³-hybridized carbons (Fsp3) is 0.250. The van der Waals surface area contributed by atoms with Gasteiger partial charge in [-0.25, -0.2) is 0 Å². The van der Waals surface area contributed by atoms with Gasteiger partial charge in [-0.05, 0) is 48.1 Å². The lowest BCUT2D eigenvalue weighted by atomic mass is 9.79. The van der Waals surface area contributed by atoms with Crippen molar-refractivity contribution in [3.63, 3.8) is 0 Å². The van der Waals surface area contributed by atoms with E-state index in [0.29, 0.717) is 23.9 Å². The van der Waals surface area contributed by atoms with Crippen LogP contribution in [0.25, 0.3) is 0 Å². The molecule has 0 atom stereocenters. The molecule has 1 aliphatic carbocycles. The molecule has 7 heteroatoms. The van der Waals surface area contributed by atoms with Crippen molar-refractivity contribution >= 4 is 24.1 Å². The van der Waals surface area contributed by atoms with E-state index >= 15 is 0 Å². The summed E-state index contributed by atoms with van der Waals surface area (Å²) in [5.74, 6) is 0.985. The Morgan fingerprint density at radius 1 is 1.35 bits per heavy atom. The summed E-state index contributed by atoms with van der Waals surface area (Å²) in [5, 5.41) is 22.0. The van der Waals surface area contributed by atoms with Crippen LogP contribution in [0, 0.1) is 11.3 Å². The summed E-state index contributed by atoms with van der Waals surface area (Å²) in [4.78, 5) is 4.39. The third-order valence-electron chi connectivity index (χ3n) is 3.86. The van der Waals surface area contributed by atoms with Gasteiger partial charge in [0.2, 0.25) is 5.88 Å². The first kappa shape index (κ1) is 14.1. The number of hydrogen-bond acceptors (Lipinski definition) is 6. The minimum absolute atomic E-state index is 0.184. The van der Waals surface area contributed by atoms with Gasteiger partial charge in [0, 0.05) is 5.69 Å². The molecule has 0 radical (unpaired) electrons. The minimum atomic E-state index is -0.842. The Labute approximate surface area is 133 Å². The molecule has 1 saturated carbocycles. The summed E-state index contributed by atoms with van der Waals surface area (Å²) in [5.41, 5.74) is 3.02. The van der Waals surface area contributed by atoms with E-state index in [1.165, 1.54) is 0 Å². The van der Waals surface area contributed by atoms with Gasteiger partial charge in [0.15, 0.2) is 0 Å². The summed E-state index contributed by atoms with van der Waals surface area (Å²) in [6.45, 7) is 0.392. The second-order valence-corrected chi connectivity index (χ2v) is 5.68. The van der Waals surface area contributed by atoms with Gasteiger partial charge in [-0.1, -0.05) is 6.07 Å². The molecule has 1 aromatic heterocycles. The van der Waals surface area contributed by atoms with Gasteiger partial charge in [-0.15, -0.1) is 0 Å². The summed E-state index contributed by atoms with van der Waals surface area (Å²) in [7, 11) is -0.842. The molecular formula is C16H14BN3O3. The summed E-state index contributed by atoms with van der Waals surface area (Å²) in [6, 6.07) is 11.2. The highest BCUT2D eigenvalue weighted by atomic mass is 16.5. The van der Waals surface area contributed by atoms with Crippen LogP contribution in [0.15, 0.2) is 30.3 Å². The van der Waals surface area contributed by atoms with Crippen molar-refractivity contribution in [3.8, 4) is 11.9 Å². The fourth-order valence-electron chi connectivity index (χ4n) is 2.48. The highest BCUT2D eigenvalue weighted by Crippen LogP contribution is 2.29. The van der Waals surface area contributed by atoms with Crippen LogP contribution in [-0.2, 0) is 11.3 Å². The molecule has 0 unspecified atom stereocenters. The number of pyridine rings is 1. The fourth-order valence-corrected chi connectivity index (χ4v) is 2.48. The molecule has 2 heterocycles. The van der Waals surface area contributed by atoms with Gasteiger partial charge in [-0.3, -0.25) is 0 Å². The molecule has 0 spiro atoms. The predicted molar refractivity (Wildman–Crippen MR) is 84.7 cm³/mol. The Morgan fingerprint density at radius 2 is 2.22 bits per heavy atom. The molecular weight excluding hydrogens is 293 g/mol. The molecule has 0 amide bonds. The third kappa shape index (κ3) is 2.87. The number of ether oxygens (including phenoxy) is 1. The van der Waals surface area contributed by atoms with Crippen LogP contribution in [0.2, 0.25) is 0 Å². The molecule has 1 aliphatic heterocycles. The predicted octanol–water partition coefficient (Wildman–Crippen LogP) is 1.46. The monoisotopic (exact) mass is 307 g/mol. The van der Waals surface area contributed by atoms with E-state index < -0.39 is 7.12 Å². The zero-order chi connectivity index (χ0) is 15.8. The number of nitrogens with one attached hydrogen (secondary N) is 1. The van der Waals surface area contributed by atoms with Gasteiger partial charge >= 0.3 is 7.12 Å². The van der Waals surface area contributed by atoms with E-state index in [1.807, 2.05) is 18.2 Å². The van der Waals surface area contributed by atoms with Gasteiger partial charge in [0.25, 0.3) is 0 Å². The normalized spacial score (nSPS) is 15.9. The van der Waals surface area contributed by atoms with E-state index in [9.17, 15) is 5.02 Å². The van der Waals surface area contributed by atoms with Crippen molar-refractivity contribution in [3.05, 3.63) is 41.5 Å². The first-order valence-corrected chi connectivity index (χ1v) is 7.50. The van der Waals surface area contributed by atoms with Crippen molar-refractivity contribution in [1.29, 1.82) is 5.26 Å². The molecule has 1 aromatic carbocycles. The lowest BCUT2D eigenvalue weighted by Gasteiger charge is -2.10. The van der Waals surface area contributed by atoms with Crippen molar-refractivity contribution < 1.29 is 14.4 Å². The number of rotatable bonds is 4. The first-order valence-electron chi connectivity index (χ1n) is 7.50. The second kappa shape index (κ2) is 5.58. The maximum atomic E-state index is 9.64. The minimum Gasteiger partial charge on any atom is -0.473 e. The molecule has 2 aromatic rings. The van der Waals surface area contributed by atoms with Gasteiger partial charge in [0.05, 0.1) is 6.61 Å². The molecule has 6 nitrogen and oxygen atoms in total. The maximum Gasteiger partial charge on any atom is 0.491 e. The molecule has 0 saturated heterocycles. The molecule has 2 N–H and O–H groups in total. The first-order chi connectivity index (χ1) is 11.2. The number of anilines is 2. The average molecular weight is 307 g/mol. The highest BCUT2D eigenvalue weighted by Gasteiger charge is 2.27. The van der Waals surface area contributed by atoms with Gasteiger partial charge < -0.3 is 19.7 Å². The van der Waals surface area contributed by atoms with Crippen LogP contribution in [0.5, 0.6) is 5.88 Å². The Kier molecular flexibility index (Phi) is 3.41. The topological polar surface area (TPSA) is 87.4 Å². The number of nitrogens with zero attached hydrogens (tertiary/aromatic N) is 2. The molecule has 2 aliphatic rings. The van der Waals surface area contributed by atoms with Crippen LogP contribution in [0.3, 0.4) is 0 Å². The molecule has 0 bridgehead atoms. The molecule has 1 fully saturated rings. The molecule has 23 heavy (non-hydrogen) atoms. The SMILES string of the molecule is N#Cc1ccc(Nc2ccc3c(c2)COB3O)nc1OC1CC1. The van der Waals surface area contributed by atoms with E-state index in [0.717, 1.165) is 29.6 Å². The van der Waals surface area contributed by atoms with Gasteiger partial charge in [0.1, 0.15) is 23.6 Å². The second-order valence-electron chi connectivity index (χ2n) is 5.68. The van der Waals surface area contributed by atoms with Crippen LogP contribution in [-0.4, -0.2) is 23.2 Å². The Morgan fingerprint density at radius 3 is 3.00 bits per heavy atom. The zero-order valence-electron chi connectivity index (χ0n) is 12.3. The van der Waals surface area contributed by atoms with Crippen molar-refractivity contribution in [2.45, 2.75) is 25.6 Å². The lowest BCUT2D eigenvalue weighted by molar-refractivity contribution is 0.275. The highest BCUT2D eigenvalue weighted by molar-refractivity contribution is 6.61. The smallest absolute Gasteiger partial charge is 0.473 e. The van der Waals surface area contributed by atoms with E-state index in [2.05, 4.69) is 16.4 Å². The van der Waals surface area contributed by atoms with Crippen LogP contribution >= 0.6 is 0 Å². The largest absolute Gasteiger partial charge is 0.491 e. The summed E-state index contributed by atoms with van der Waals surface area (Å²) < 4.78 is 10.9. The quantitative estimate of drug-likeness (QED) is 0.832. The summed E-state index contributed by atoms with van der Waals surface area (Å²) in [6.07, 6.45) is 2.21. The molecule has 4 rings (SSSR count). The van der Waals surface area contributed by atoms with Gasteiger partial charge in [-0.2, -0.15) is 10.2 Å². The average Bonchev–Trinajstić information content (AvgIpc) is 3.30. The Balaban J connectivity index is 1.58. The summed E-state index contributed by atoms with van der Waals surface area (Å²) >= 11 is 0. The Hall–Kier alpha value is -2.56. The van der Waals surface area contributed by atoms with Crippen molar-refractivity contribution in [2.75, 3.05) is 5.32 Å².